The largest absolute Gasteiger partial charge is 0.482 e. The van der Waals surface area contributed by atoms with Gasteiger partial charge in [-0.05, 0) is 24.6 Å². The van der Waals surface area contributed by atoms with E-state index in [9.17, 15) is 4.79 Å². The molecule has 0 fully saturated rings. The number of anilines is 2. The van der Waals surface area contributed by atoms with Crippen molar-refractivity contribution in [2.24, 2.45) is 5.92 Å². The van der Waals surface area contributed by atoms with Crippen LogP contribution < -0.4 is 15.0 Å². The summed E-state index contributed by atoms with van der Waals surface area (Å²) >= 11 is 0. The zero-order valence-electron chi connectivity index (χ0n) is 11.1. The van der Waals surface area contributed by atoms with E-state index in [1.165, 1.54) is 0 Å². The molecule has 0 spiro atoms. The molecule has 1 aliphatic rings. The monoisotopic (exact) mass is 259 g/mol. The Kier molecular flexibility index (Phi) is 3.91. The van der Waals surface area contributed by atoms with Crippen LogP contribution in [-0.2, 0) is 4.79 Å². The van der Waals surface area contributed by atoms with Gasteiger partial charge in [0, 0.05) is 19.3 Å². The molecule has 1 aromatic carbocycles. The number of benzene rings is 1. The number of amides is 1. The molecular formula is C14H17N3O2. The Morgan fingerprint density at radius 1 is 1.58 bits per heavy atom. The lowest BCUT2D eigenvalue weighted by Gasteiger charge is -2.30. The van der Waals surface area contributed by atoms with Gasteiger partial charge in [-0.1, -0.05) is 6.92 Å². The SMILES string of the molecule is CCC(C#N)CN1C(=O)COc2ccc(NC)cc21. The van der Waals surface area contributed by atoms with Crippen LogP contribution in [0.1, 0.15) is 13.3 Å². The van der Waals surface area contributed by atoms with E-state index in [1.54, 1.807) is 4.90 Å². The highest BCUT2D eigenvalue weighted by molar-refractivity contribution is 5.98. The van der Waals surface area contributed by atoms with E-state index >= 15 is 0 Å². The molecule has 1 heterocycles. The van der Waals surface area contributed by atoms with Crippen molar-refractivity contribution >= 4 is 17.3 Å². The standard InChI is InChI=1S/C14H17N3O2/c1-3-10(7-15)8-17-12-6-11(16-2)4-5-13(12)19-9-14(17)18/h4-6,10,16H,3,8-9H2,1-2H3. The van der Waals surface area contributed by atoms with E-state index < -0.39 is 0 Å². The molecule has 0 bridgehead atoms. The van der Waals surface area contributed by atoms with E-state index in [4.69, 9.17) is 10.00 Å². The highest BCUT2D eigenvalue weighted by atomic mass is 16.5. The summed E-state index contributed by atoms with van der Waals surface area (Å²) < 4.78 is 5.41. The second-order valence-corrected chi connectivity index (χ2v) is 4.46. The van der Waals surface area contributed by atoms with Gasteiger partial charge in [0.05, 0.1) is 17.7 Å². The Balaban J connectivity index is 2.34. The van der Waals surface area contributed by atoms with Gasteiger partial charge in [0.25, 0.3) is 5.91 Å². The molecule has 100 valence electrons. The van der Waals surface area contributed by atoms with Gasteiger partial charge >= 0.3 is 0 Å². The number of hydrogen-bond acceptors (Lipinski definition) is 4. The Morgan fingerprint density at radius 3 is 3.00 bits per heavy atom. The molecule has 1 N–H and O–H groups in total. The van der Waals surface area contributed by atoms with Gasteiger partial charge in [0.15, 0.2) is 6.61 Å². The molecule has 1 aliphatic heterocycles. The van der Waals surface area contributed by atoms with Gasteiger partial charge < -0.3 is 15.0 Å². The first-order chi connectivity index (χ1) is 9.19. The Morgan fingerprint density at radius 2 is 2.37 bits per heavy atom. The molecule has 0 aliphatic carbocycles. The molecule has 1 unspecified atom stereocenters. The summed E-state index contributed by atoms with van der Waals surface area (Å²) in [7, 11) is 1.82. The van der Waals surface area contributed by atoms with Crippen LogP contribution in [-0.4, -0.2) is 26.1 Å². The fraction of sp³-hybridized carbons (Fsp3) is 0.429. The number of nitrogens with one attached hydrogen (secondary N) is 1. The van der Waals surface area contributed by atoms with Gasteiger partial charge in [-0.2, -0.15) is 5.26 Å². The molecule has 2 rings (SSSR count). The predicted molar refractivity (Wildman–Crippen MR) is 73.2 cm³/mol. The third-order valence-corrected chi connectivity index (χ3v) is 3.27. The second-order valence-electron chi connectivity index (χ2n) is 4.46. The van der Waals surface area contributed by atoms with Crippen molar-refractivity contribution in [3.63, 3.8) is 0 Å². The summed E-state index contributed by atoms with van der Waals surface area (Å²) in [5, 5.41) is 12.1. The smallest absolute Gasteiger partial charge is 0.265 e. The maximum Gasteiger partial charge on any atom is 0.265 e. The average Bonchev–Trinajstić information content (AvgIpc) is 2.46. The molecule has 5 nitrogen and oxygen atoms in total. The number of carbonyl (C=O) groups excluding carboxylic acids is 1. The van der Waals surface area contributed by atoms with Crippen molar-refractivity contribution < 1.29 is 9.53 Å². The van der Waals surface area contributed by atoms with Gasteiger partial charge in [-0.15, -0.1) is 0 Å². The van der Waals surface area contributed by atoms with Crippen molar-refractivity contribution in [3.8, 4) is 11.8 Å². The lowest BCUT2D eigenvalue weighted by Crippen LogP contribution is -2.41. The quantitative estimate of drug-likeness (QED) is 0.898. The van der Waals surface area contributed by atoms with Crippen LogP contribution in [0.4, 0.5) is 11.4 Å². The van der Waals surface area contributed by atoms with Crippen molar-refractivity contribution in [2.75, 3.05) is 30.4 Å². The minimum atomic E-state index is -0.159. The van der Waals surface area contributed by atoms with E-state index in [2.05, 4.69) is 11.4 Å². The first-order valence-electron chi connectivity index (χ1n) is 6.34. The molecule has 1 atom stereocenters. The molecule has 0 saturated carbocycles. The topological polar surface area (TPSA) is 65.4 Å². The summed E-state index contributed by atoms with van der Waals surface area (Å²) in [4.78, 5) is 13.6. The highest BCUT2D eigenvalue weighted by Crippen LogP contribution is 2.35. The Hall–Kier alpha value is -2.22. The van der Waals surface area contributed by atoms with Crippen molar-refractivity contribution in [3.05, 3.63) is 18.2 Å². The van der Waals surface area contributed by atoms with Crippen LogP contribution in [0.3, 0.4) is 0 Å². The Labute approximate surface area is 112 Å². The number of nitriles is 1. The van der Waals surface area contributed by atoms with Crippen LogP contribution in [0.15, 0.2) is 18.2 Å². The lowest BCUT2D eigenvalue weighted by atomic mass is 10.1. The summed E-state index contributed by atoms with van der Waals surface area (Å²) in [5.41, 5.74) is 1.64. The van der Waals surface area contributed by atoms with Crippen molar-refractivity contribution in [1.82, 2.24) is 0 Å². The lowest BCUT2D eigenvalue weighted by molar-refractivity contribution is -0.121. The number of nitrogens with zero attached hydrogens (tertiary/aromatic N) is 2. The van der Waals surface area contributed by atoms with Gasteiger partial charge in [-0.25, -0.2) is 0 Å². The molecular weight excluding hydrogens is 242 g/mol. The van der Waals surface area contributed by atoms with Crippen molar-refractivity contribution in [2.45, 2.75) is 13.3 Å². The highest BCUT2D eigenvalue weighted by Gasteiger charge is 2.27. The van der Waals surface area contributed by atoms with E-state index in [0.717, 1.165) is 17.8 Å². The number of ether oxygens (including phenoxy) is 1. The molecule has 5 heteroatoms. The molecule has 1 amide bonds. The maximum absolute atomic E-state index is 12.0. The molecule has 0 radical (unpaired) electrons. The zero-order chi connectivity index (χ0) is 13.8. The number of carbonyl (C=O) groups is 1. The van der Waals surface area contributed by atoms with E-state index in [0.29, 0.717) is 12.3 Å². The van der Waals surface area contributed by atoms with E-state index in [1.807, 2.05) is 32.2 Å². The fourth-order valence-corrected chi connectivity index (χ4v) is 2.04. The average molecular weight is 259 g/mol. The van der Waals surface area contributed by atoms with E-state index in [-0.39, 0.29) is 18.4 Å². The minimum Gasteiger partial charge on any atom is -0.482 e. The van der Waals surface area contributed by atoms with Crippen LogP contribution in [0.5, 0.6) is 5.75 Å². The maximum atomic E-state index is 12.0. The van der Waals surface area contributed by atoms with Gasteiger partial charge in [0.2, 0.25) is 0 Å². The third kappa shape index (κ3) is 2.63. The third-order valence-electron chi connectivity index (χ3n) is 3.27. The fourth-order valence-electron chi connectivity index (χ4n) is 2.04. The zero-order valence-corrected chi connectivity index (χ0v) is 11.1. The summed E-state index contributed by atoms with van der Waals surface area (Å²) in [6.07, 6.45) is 0.724. The van der Waals surface area contributed by atoms with Crippen LogP contribution in [0.2, 0.25) is 0 Å². The molecule has 0 saturated heterocycles. The number of hydrogen-bond donors (Lipinski definition) is 1. The van der Waals surface area contributed by atoms with Gasteiger partial charge in [0.1, 0.15) is 5.75 Å². The summed E-state index contributed by atoms with van der Waals surface area (Å²) in [6, 6.07) is 7.84. The normalized spacial score (nSPS) is 15.2. The van der Waals surface area contributed by atoms with Gasteiger partial charge in [-0.3, -0.25) is 4.79 Å². The van der Waals surface area contributed by atoms with Crippen molar-refractivity contribution in [1.29, 1.82) is 5.26 Å². The second kappa shape index (κ2) is 5.61. The summed E-state index contributed by atoms with van der Waals surface area (Å²) in [6.45, 7) is 2.40. The number of rotatable bonds is 4. The summed E-state index contributed by atoms with van der Waals surface area (Å²) in [5.74, 6) is 0.425. The van der Waals surface area contributed by atoms with Crippen LogP contribution in [0, 0.1) is 17.2 Å². The van der Waals surface area contributed by atoms with Crippen LogP contribution in [0.25, 0.3) is 0 Å². The Bertz CT molecular complexity index is 522. The van der Waals surface area contributed by atoms with Crippen LogP contribution >= 0.6 is 0 Å². The first-order valence-corrected chi connectivity index (χ1v) is 6.34. The molecule has 19 heavy (non-hydrogen) atoms. The predicted octanol–water partition coefficient (Wildman–Crippen LogP) is 2.00. The molecule has 0 aromatic heterocycles. The minimum absolute atomic E-state index is 0.0355. The molecule has 1 aromatic rings. The number of fused-ring (bicyclic) bond motifs is 1. The first kappa shape index (κ1) is 13.2.